The lowest BCUT2D eigenvalue weighted by molar-refractivity contribution is 0.0955. The second-order valence-corrected chi connectivity index (χ2v) is 6.23. The van der Waals surface area contributed by atoms with Crippen LogP contribution in [0.4, 0.5) is 0 Å². The number of rotatable bonds is 8. The number of benzene rings is 2. The Hall–Kier alpha value is -2.34. The van der Waals surface area contributed by atoms with Crippen molar-refractivity contribution in [1.82, 2.24) is 5.43 Å². The first-order valence-electron chi connectivity index (χ1n) is 8.04. The first-order valence-corrected chi connectivity index (χ1v) is 8.83. The van der Waals surface area contributed by atoms with Crippen molar-refractivity contribution >= 4 is 28.1 Å². The Morgan fingerprint density at radius 3 is 2.64 bits per heavy atom. The number of nitrogens with one attached hydrogen (secondary N) is 1. The van der Waals surface area contributed by atoms with E-state index in [2.05, 4.69) is 33.4 Å². The number of amides is 1. The molecule has 0 aliphatic heterocycles. The van der Waals surface area contributed by atoms with Gasteiger partial charge in [-0.3, -0.25) is 4.79 Å². The number of hydrogen-bond acceptors (Lipinski definition) is 4. The van der Waals surface area contributed by atoms with Gasteiger partial charge in [0.1, 0.15) is 0 Å². The van der Waals surface area contributed by atoms with Crippen LogP contribution >= 0.6 is 15.9 Å². The fourth-order valence-electron chi connectivity index (χ4n) is 2.04. The van der Waals surface area contributed by atoms with E-state index in [0.29, 0.717) is 23.7 Å². The summed E-state index contributed by atoms with van der Waals surface area (Å²) in [5.74, 6) is 1.07. The smallest absolute Gasteiger partial charge is 0.271 e. The minimum absolute atomic E-state index is 0.268. The largest absolute Gasteiger partial charge is 0.493 e. The molecular weight excluding hydrogens is 384 g/mol. The Morgan fingerprint density at radius 1 is 1.20 bits per heavy atom. The Morgan fingerprint density at radius 2 is 1.96 bits per heavy atom. The number of nitrogens with zero attached hydrogens (tertiary/aromatic N) is 1. The zero-order valence-corrected chi connectivity index (χ0v) is 15.9. The Labute approximate surface area is 156 Å². The standard InChI is InChI=1S/C19H21BrN2O3/c1-3-4-11-25-17-10-5-14(12-18(17)24-2)13-21-22-19(23)15-6-8-16(20)9-7-15/h5-10,12-13H,3-4,11H2,1-2H3,(H,22,23). The normalized spacial score (nSPS) is 10.7. The summed E-state index contributed by atoms with van der Waals surface area (Å²) in [5, 5.41) is 3.99. The minimum Gasteiger partial charge on any atom is -0.493 e. The molecule has 0 fully saturated rings. The molecule has 6 heteroatoms. The number of hydrogen-bond donors (Lipinski definition) is 1. The monoisotopic (exact) mass is 404 g/mol. The van der Waals surface area contributed by atoms with E-state index in [4.69, 9.17) is 9.47 Å². The van der Waals surface area contributed by atoms with Crippen LogP contribution in [0.2, 0.25) is 0 Å². The Bertz CT molecular complexity index is 730. The first-order chi connectivity index (χ1) is 12.1. The fourth-order valence-corrected chi connectivity index (χ4v) is 2.31. The van der Waals surface area contributed by atoms with E-state index in [1.165, 1.54) is 0 Å². The third-order valence-corrected chi connectivity index (χ3v) is 3.96. The van der Waals surface area contributed by atoms with Crippen LogP contribution in [0, 0.1) is 0 Å². The maximum absolute atomic E-state index is 12.0. The molecule has 0 aromatic heterocycles. The molecule has 0 atom stereocenters. The minimum atomic E-state index is -0.268. The molecule has 0 heterocycles. The molecule has 0 saturated carbocycles. The highest BCUT2D eigenvalue weighted by molar-refractivity contribution is 9.10. The molecule has 0 aliphatic carbocycles. The highest BCUT2D eigenvalue weighted by Gasteiger charge is 2.06. The average molecular weight is 405 g/mol. The summed E-state index contributed by atoms with van der Waals surface area (Å²) >= 11 is 3.33. The van der Waals surface area contributed by atoms with Crippen LogP contribution in [0.1, 0.15) is 35.7 Å². The third-order valence-electron chi connectivity index (χ3n) is 3.43. The molecule has 0 aliphatic rings. The number of carbonyl (C=O) groups is 1. The first kappa shape index (κ1) is 19.0. The highest BCUT2D eigenvalue weighted by Crippen LogP contribution is 2.27. The van der Waals surface area contributed by atoms with Crippen LogP contribution in [0.3, 0.4) is 0 Å². The predicted octanol–water partition coefficient (Wildman–Crippen LogP) is 4.40. The molecule has 1 amide bonds. The van der Waals surface area contributed by atoms with Crippen molar-refractivity contribution in [3.05, 3.63) is 58.1 Å². The van der Waals surface area contributed by atoms with Crippen LogP contribution in [-0.4, -0.2) is 25.8 Å². The van der Waals surface area contributed by atoms with Crippen molar-refractivity contribution in [2.75, 3.05) is 13.7 Å². The molecule has 5 nitrogen and oxygen atoms in total. The van der Waals surface area contributed by atoms with Crippen molar-refractivity contribution < 1.29 is 14.3 Å². The Kier molecular flexibility index (Phi) is 7.47. The van der Waals surface area contributed by atoms with Gasteiger partial charge in [-0.15, -0.1) is 0 Å². The number of methoxy groups -OCH3 is 1. The molecule has 0 saturated heterocycles. The van der Waals surface area contributed by atoms with Gasteiger partial charge in [-0.1, -0.05) is 29.3 Å². The molecular formula is C19H21BrN2O3. The number of ether oxygens (including phenoxy) is 2. The van der Waals surface area contributed by atoms with Gasteiger partial charge in [0.15, 0.2) is 11.5 Å². The summed E-state index contributed by atoms with van der Waals surface area (Å²) in [5.41, 5.74) is 3.85. The summed E-state index contributed by atoms with van der Waals surface area (Å²) in [6, 6.07) is 12.6. The van der Waals surface area contributed by atoms with E-state index in [-0.39, 0.29) is 5.91 Å². The molecule has 0 spiro atoms. The molecule has 132 valence electrons. The van der Waals surface area contributed by atoms with Gasteiger partial charge in [-0.2, -0.15) is 5.10 Å². The SMILES string of the molecule is CCCCOc1ccc(C=NNC(=O)c2ccc(Br)cc2)cc1OC. The van der Waals surface area contributed by atoms with Crippen molar-refractivity contribution in [2.45, 2.75) is 19.8 Å². The van der Waals surface area contributed by atoms with Gasteiger partial charge < -0.3 is 9.47 Å². The summed E-state index contributed by atoms with van der Waals surface area (Å²) in [7, 11) is 1.60. The number of unbranched alkanes of at least 4 members (excludes halogenated alkanes) is 1. The van der Waals surface area contributed by atoms with Gasteiger partial charge >= 0.3 is 0 Å². The van der Waals surface area contributed by atoms with Gasteiger partial charge in [0.05, 0.1) is 19.9 Å². The topological polar surface area (TPSA) is 59.9 Å². The van der Waals surface area contributed by atoms with Crippen LogP contribution in [0.15, 0.2) is 52.0 Å². The highest BCUT2D eigenvalue weighted by atomic mass is 79.9. The average Bonchev–Trinajstić information content (AvgIpc) is 2.63. The second kappa shape index (κ2) is 9.84. The van der Waals surface area contributed by atoms with Crippen LogP contribution < -0.4 is 14.9 Å². The summed E-state index contributed by atoms with van der Waals surface area (Å²) < 4.78 is 12.0. The third kappa shape index (κ3) is 5.90. The number of carbonyl (C=O) groups excluding carboxylic acids is 1. The van der Waals surface area contributed by atoms with E-state index in [1.807, 2.05) is 18.2 Å². The number of hydrazone groups is 1. The van der Waals surface area contributed by atoms with E-state index in [9.17, 15) is 4.79 Å². The van der Waals surface area contributed by atoms with Crippen molar-refractivity contribution in [3.8, 4) is 11.5 Å². The van der Waals surface area contributed by atoms with E-state index >= 15 is 0 Å². The maximum atomic E-state index is 12.0. The molecule has 0 bridgehead atoms. The molecule has 0 unspecified atom stereocenters. The lowest BCUT2D eigenvalue weighted by atomic mass is 10.2. The van der Waals surface area contributed by atoms with E-state index in [0.717, 1.165) is 22.9 Å². The molecule has 2 rings (SSSR count). The zero-order chi connectivity index (χ0) is 18.1. The molecule has 2 aromatic carbocycles. The van der Waals surface area contributed by atoms with E-state index in [1.54, 1.807) is 37.6 Å². The van der Waals surface area contributed by atoms with Gasteiger partial charge in [-0.05, 0) is 54.4 Å². The molecule has 1 N–H and O–H groups in total. The lowest BCUT2D eigenvalue weighted by Gasteiger charge is -2.10. The second-order valence-electron chi connectivity index (χ2n) is 5.32. The maximum Gasteiger partial charge on any atom is 0.271 e. The quantitative estimate of drug-likeness (QED) is 0.402. The summed E-state index contributed by atoms with van der Waals surface area (Å²) in [4.78, 5) is 12.0. The van der Waals surface area contributed by atoms with Gasteiger partial charge in [0, 0.05) is 10.0 Å². The van der Waals surface area contributed by atoms with Crippen molar-refractivity contribution in [1.29, 1.82) is 0 Å². The van der Waals surface area contributed by atoms with Crippen LogP contribution in [-0.2, 0) is 0 Å². The fraction of sp³-hybridized carbons (Fsp3) is 0.263. The van der Waals surface area contributed by atoms with Crippen molar-refractivity contribution in [2.24, 2.45) is 5.10 Å². The zero-order valence-electron chi connectivity index (χ0n) is 14.3. The van der Waals surface area contributed by atoms with Crippen LogP contribution in [0.25, 0.3) is 0 Å². The van der Waals surface area contributed by atoms with Gasteiger partial charge in [0.2, 0.25) is 0 Å². The van der Waals surface area contributed by atoms with Crippen LogP contribution in [0.5, 0.6) is 11.5 Å². The van der Waals surface area contributed by atoms with E-state index < -0.39 is 0 Å². The number of halogens is 1. The molecule has 0 radical (unpaired) electrons. The molecule has 25 heavy (non-hydrogen) atoms. The lowest BCUT2D eigenvalue weighted by Crippen LogP contribution is -2.17. The Balaban J connectivity index is 1.98. The predicted molar refractivity (Wildman–Crippen MR) is 103 cm³/mol. The summed E-state index contributed by atoms with van der Waals surface area (Å²) in [6.07, 6.45) is 3.63. The summed E-state index contributed by atoms with van der Waals surface area (Å²) in [6.45, 7) is 2.77. The molecule has 2 aromatic rings. The van der Waals surface area contributed by atoms with Gasteiger partial charge in [-0.25, -0.2) is 5.43 Å². The van der Waals surface area contributed by atoms with Gasteiger partial charge in [0.25, 0.3) is 5.91 Å². The van der Waals surface area contributed by atoms with Crippen molar-refractivity contribution in [3.63, 3.8) is 0 Å².